The fourth-order valence-electron chi connectivity index (χ4n) is 2.98. The first-order valence-corrected chi connectivity index (χ1v) is 7.79. The van der Waals surface area contributed by atoms with Gasteiger partial charge in [0.25, 0.3) is 0 Å². The van der Waals surface area contributed by atoms with E-state index in [1.165, 1.54) is 9.13 Å². The molecule has 23 heavy (non-hydrogen) atoms. The molecule has 1 aliphatic rings. The highest BCUT2D eigenvalue weighted by Gasteiger charge is 2.23. The van der Waals surface area contributed by atoms with Gasteiger partial charge in [0.2, 0.25) is 11.8 Å². The van der Waals surface area contributed by atoms with Gasteiger partial charge in [-0.15, -0.1) is 0 Å². The molecule has 0 radical (unpaired) electrons. The number of aryl methyl sites for hydroxylation is 1. The molecule has 2 amide bonds. The van der Waals surface area contributed by atoms with Crippen LogP contribution >= 0.6 is 0 Å². The van der Waals surface area contributed by atoms with Gasteiger partial charge in [0.15, 0.2) is 0 Å². The standard InChI is InChI=1S/C16H20N4O3/c1-19-12-7-2-3-8-13(12)20(16(19)23)10-14(21)18-11-6-4-5-9-17-15(11)22/h2-3,7-8,11H,4-6,9-10H2,1H3,(H,17,22)(H,18,21)/t11-/m0/s1. The smallest absolute Gasteiger partial charge is 0.329 e. The maximum absolute atomic E-state index is 12.3. The van der Waals surface area contributed by atoms with Crippen LogP contribution in [0.3, 0.4) is 0 Å². The minimum absolute atomic E-state index is 0.0933. The van der Waals surface area contributed by atoms with Crippen molar-refractivity contribution in [3.63, 3.8) is 0 Å². The third-order valence-electron chi connectivity index (χ3n) is 4.22. The molecule has 1 saturated heterocycles. The van der Waals surface area contributed by atoms with Crippen LogP contribution in [0, 0.1) is 0 Å². The van der Waals surface area contributed by atoms with Crippen LogP contribution in [0.25, 0.3) is 11.0 Å². The molecule has 1 aromatic heterocycles. The second-order valence-electron chi connectivity index (χ2n) is 5.82. The topological polar surface area (TPSA) is 85.1 Å². The van der Waals surface area contributed by atoms with Crippen LogP contribution in [0.1, 0.15) is 19.3 Å². The third kappa shape index (κ3) is 2.99. The third-order valence-corrected chi connectivity index (χ3v) is 4.22. The van der Waals surface area contributed by atoms with Crippen LogP contribution in [-0.4, -0.2) is 33.5 Å². The van der Waals surface area contributed by atoms with Crippen molar-refractivity contribution in [2.24, 2.45) is 7.05 Å². The predicted molar refractivity (Wildman–Crippen MR) is 86.0 cm³/mol. The molecule has 1 aliphatic heterocycles. The fraction of sp³-hybridized carbons (Fsp3) is 0.438. The van der Waals surface area contributed by atoms with Crippen molar-refractivity contribution in [3.8, 4) is 0 Å². The Labute approximate surface area is 133 Å². The Bertz CT molecular complexity index is 805. The van der Waals surface area contributed by atoms with Gasteiger partial charge in [-0.25, -0.2) is 4.79 Å². The predicted octanol–water partition coefficient (Wildman–Crippen LogP) is 0.125. The summed E-state index contributed by atoms with van der Waals surface area (Å²) in [6, 6.07) is 6.80. The maximum atomic E-state index is 12.3. The van der Waals surface area contributed by atoms with Crippen LogP contribution in [0.5, 0.6) is 0 Å². The summed E-state index contributed by atoms with van der Waals surface area (Å²) in [7, 11) is 1.68. The first kappa shape index (κ1) is 15.3. The Morgan fingerprint density at radius 1 is 1.26 bits per heavy atom. The molecule has 2 heterocycles. The molecule has 2 aromatic rings. The largest absolute Gasteiger partial charge is 0.354 e. The summed E-state index contributed by atoms with van der Waals surface area (Å²) >= 11 is 0. The van der Waals surface area contributed by atoms with Crippen molar-refractivity contribution < 1.29 is 9.59 Å². The summed E-state index contributed by atoms with van der Waals surface area (Å²) in [6.07, 6.45) is 2.43. The number of aromatic nitrogens is 2. The van der Waals surface area contributed by atoms with Gasteiger partial charge in [-0.2, -0.15) is 0 Å². The number of benzene rings is 1. The zero-order chi connectivity index (χ0) is 16.4. The van der Waals surface area contributed by atoms with E-state index in [2.05, 4.69) is 10.6 Å². The molecule has 7 nitrogen and oxygen atoms in total. The van der Waals surface area contributed by atoms with Crippen LogP contribution in [0.15, 0.2) is 29.1 Å². The summed E-state index contributed by atoms with van der Waals surface area (Å²) in [5, 5.41) is 5.52. The van der Waals surface area contributed by atoms with Crippen molar-refractivity contribution in [3.05, 3.63) is 34.7 Å². The average Bonchev–Trinajstić information content (AvgIpc) is 2.69. The van der Waals surface area contributed by atoms with Gasteiger partial charge in [0.05, 0.1) is 11.0 Å². The molecule has 0 aliphatic carbocycles. The van der Waals surface area contributed by atoms with Gasteiger partial charge in [-0.3, -0.25) is 18.7 Å². The molecule has 1 fully saturated rings. The molecule has 2 N–H and O–H groups in total. The molecular formula is C16H20N4O3. The van der Waals surface area contributed by atoms with E-state index in [4.69, 9.17) is 0 Å². The second-order valence-corrected chi connectivity index (χ2v) is 5.82. The van der Waals surface area contributed by atoms with Gasteiger partial charge >= 0.3 is 5.69 Å². The van der Waals surface area contributed by atoms with Crippen LogP contribution in [0.2, 0.25) is 0 Å². The van der Waals surface area contributed by atoms with Gasteiger partial charge in [-0.1, -0.05) is 12.1 Å². The molecular weight excluding hydrogens is 296 g/mol. The normalized spacial score (nSPS) is 18.5. The maximum Gasteiger partial charge on any atom is 0.329 e. The zero-order valence-corrected chi connectivity index (χ0v) is 13.0. The summed E-state index contributed by atoms with van der Waals surface area (Å²) in [4.78, 5) is 36.5. The summed E-state index contributed by atoms with van der Waals surface area (Å²) in [5.41, 5.74) is 1.24. The lowest BCUT2D eigenvalue weighted by Gasteiger charge is -2.15. The number of nitrogens with zero attached hydrogens (tertiary/aromatic N) is 2. The molecule has 0 unspecified atom stereocenters. The van der Waals surface area contributed by atoms with Crippen LogP contribution in [-0.2, 0) is 23.2 Å². The number of fused-ring (bicyclic) bond motifs is 1. The Hall–Kier alpha value is -2.57. The van der Waals surface area contributed by atoms with E-state index in [1.807, 2.05) is 24.3 Å². The van der Waals surface area contributed by atoms with E-state index in [0.29, 0.717) is 18.5 Å². The number of carbonyl (C=O) groups excluding carboxylic acids is 2. The van der Waals surface area contributed by atoms with Crippen LogP contribution < -0.4 is 16.3 Å². The summed E-state index contributed by atoms with van der Waals surface area (Å²) < 4.78 is 2.94. The Morgan fingerprint density at radius 2 is 2.00 bits per heavy atom. The van der Waals surface area contributed by atoms with E-state index in [9.17, 15) is 14.4 Å². The second kappa shape index (κ2) is 6.28. The van der Waals surface area contributed by atoms with Gasteiger partial charge in [0.1, 0.15) is 12.6 Å². The van der Waals surface area contributed by atoms with E-state index in [-0.39, 0.29) is 24.0 Å². The lowest BCUT2D eigenvalue weighted by atomic mass is 10.1. The molecule has 1 atom stereocenters. The molecule has 122 valence electrons. The number of imidazole rings is 1. The van der Waals surface area contributed by atoms with Crippen molar-refractivity contribution in [1.82, 2.24) is 19.8 Å². The zero-order valence-electron chi connectivity index (χ0n) is 13.0. The number of nitrogens with one attached hydrogen (secondary N) is 2. The average molecular weight is 316 g/mol. The lowest BCUT2D eigenvalue weighted by Crippen LogP contribution is -2.47. The number of hydrogen-bond donors (Lipinski definition) is 2. The van der Waals surface area contributed by atoms with Crippen molar-refractivity contribution in [2.45, 2.75) is 31.8 Å². The quantitative estimate of drug-likeness (QED) is 0.844. The fourth-order valence-corrected chi connectivity index (χ4v) is 2.98. The highest BCUT2D eigenvalue weighted by Crippen LogP contribution is 2.11. The Morgan fingerprint density at radius 3 is 2.78 bits per heavy atom. The number of amides is 2. The van der Waals surface area contributed by atoms with E-state index in [0.717, 1.165) is 18.4 Å². The van der Waals surface area contributed by atoms with E-state index < -0.39 is 6.04 Å². The summed E-state index contributed by atoms with van der Waals surface area (Å²) in [6.45, 7) is 0.554. The molecule has 3 rings (SSSR count). The first-order valence-electron chi connectivity index (χ1n) is 7.79. The first-order chi connectivity index (χ1) is 11.1. The molecule has 7 heteroatoms. The Balaban J connectivity index is 1.79. The minimum atomic E-state index is -0.518. The van der Waals surface area contributed by atoms with Crippen molar-refractivity contribution in [2.75, 3.05) is 6.54 Å². The molecule has 0 spiro atoms. The van der Waals surface area contributed by atoms with Crippen molar-refractivity contribution >= 4 is 22.8 Å². The van der Waals surface area contributed by atoms with Gasteiger partial charge in [0, 0.05) is 13.6 Å². The highest BCUT2D eigenvalue weighted by molar-refractivity contribution is 5.88. The number of carbonyl (C=O) groups is 2. The Kier molecular flexibility index (Phi) is 4.18. The van der Waals surface area contributed by atoms with Gasteiger partial charge in [-0.05, 0) is 31.4 Å². The molecule has 0 bridgehead atoms. The van der Waals surface area contributed by atoms with Crippen LogP contribution in [0.4, 0.5) is 0 Å². The highest BCUT2D eigenvalue weighted by atomic mass is 16.2. The number of hydrogen-bond acceptors (Lipinski definition) is 3. The monoisotopic (exact) mass is 316 g/mol. The number of rotatable bonds is 3. The minimum Gasteiger partial charge on any atom is -0.354 e. The summed E-state index contributed by atoms with van der Waals surface area (Å²) in [5.74, 6) is -0.480. The number of para-hydroxylation sites is 2. The van der Waals surface area contributed by atoms with E-state index >= 15 is 0 Å². The molecule has 0 saturated carbocycles. The van der Waals surface area contributed by atoms with Gasteiger partial charge < -0.3 is 10.6 Å². The lowest BCUT2D eigenvalue weighted by molar-refractivity contribution is -0.129. The van der Waals surface area contributed by atoms with E-state index in [1.54, 1.807) is 7.05 Å². The molecule has 1 aromatic carbocycles. The van der Waals surface area contributed by atoms with Crippen molar-refractivity contribution in [1.29, 1.82) is 0 Å². The SMILES string of the molecule is Cn1c(=O)n(CC(=O)N[C@H]2CCCCNC2=O)c2ccccc21.